The normalized spacial score (nSPS) is 12.5. The lowest BCUT2D eigenvalue weighted by atomic mass is 10.0. The molecule has 0 fully saturated rings. The van der Waals surface area contributed by atoms with E-state index in [0.717, 1.165) is 17.8 Å². The van der Waals surface area contributed by atoms with Crippen LogP contribution in [0.2, 0.25) is 10.0 Å². The van der Waals surface area contributed by atoms with Crippen molar-refractivity contribution in [2.24, 2.45) is 0 Å². The van der Waals surface area contributed by atoms with E-state index < -0.39 is 23.8 Å². The first-order valence-corrected chi connectivity index (χ1v) is 12.3. The highest BCUT2D eigenvalue weighted by molar-refractivity contribution is 7.14. The number of ether oxygens (including phenoxy) is 1. The molecule has 0 aliphatic heterocycles. The van der Waals surface area contributed by atoms with Gasteiger partial charge in [-0.05, 0) is 44.5 Å². The summed E-state index contributed by atoms with van der Waals surface area (Å²) in [5.74, 6) is -2.04. The number of amides is 1. The molecule has 3 rings (SSSR count). The zero-order valence-electron chi connectivity index (χ0n) is 19.2. The molecule has 0 aliphatic carbocycles. The summed E-state index contributed by atoms with van der Waals surface area (Å²) in [7, 11) is 0. The quantitative estimate of drug-likeness (QED) is 0.276. The summed E-state index contributed by atoms with van der Waals surface area (Å²) in [5.41, 5.74) is 1.64. The first-order chi connectivity index (χ1) is 16.6. The smallest absolute Gasteiger partial charge is 0.331 e. The number of benzene rings is 2. The Balaban J connectivity index is 1.81. The number of hydrogen-bond donors (Lipinski definition) is 2. The Bertz CT molecular complexity index is 1270. The van der Waals surface area contributed by atoms with Crippen LogP contribution in [0.5, 0.6) is 0 Å². The maximum Gasteiger partial charge on any atom is 0.331 e. The fourth-order valence-corrected chi connectivity index (χ4v) is 4.50. The standard InChI is InChI=1S/C25H23Cl2FN2O4S/c1-4-8-34-14(3)16-6-5-7-17(22(16)28)21-12-35-25(29-21)30-23(31)15-10-19(26)18(20(27)11-15)9-13(2)24(32)33/h5-7,9-12,14H,4,8H2,1-3H3,(H,32,33)(H,29,30,31). The minimum absolute atomic E-state index is 0.0453. The predicted molar refractivity (Wildman–Crippen MR) is 138 cm³/mol. The van der Waals surface area contributed by atoms with E-state index in [1.54, 1.807) is 30.5 Å². The Kier molecular flexibility index (Phi) is 9.02. The number of halogens is 3. The van der Waals surface area contributed by atoms with E-state index >= 15 is 4.39 Å². The second-order valence-electron chi connectivity index (χ2n) is 7.70. The molecule has 3 aromatic rings. The number of carbonyl (C=O) groups is 2. The Morgan fingerprint density at radius 2 is 1.97 bits per heavy atom. The van der Waals surface area contributed by atoms with E-state index in [0.29, 0.717) is 29.0 Å². The van der Waals surface area contributed by atoms with Crippen LogP contribution in [-0.2, 0) is 9.53 Å². The molecule has 6 nitrogen and oxygen atoms in total. The van der Waals surface area contributed by atoms with Crippen LogP contribution < -0.4 is 5.32 Å². The molecule has 1 unspecified atom stereocenters. The fraction of sp³-hybridized carbons (Fsp3) is 0.240. The number of rotatable bonds is 9. The van der Waals surface area contributed by atoms with Gasteiger partial charge < -0.3 is 9.84 Å². The van der Waals surface area contributed by atoms with Gasteiger partial charge in [-0.2, -0.15) is 0 Å². The summed E-state index contributed by atoms with van der Waals surface area (Å²) >= 11 is 13.6. The van der Waals surface area contributed by atoms with Crippen molar-refractivity contribution in [1.29, 1.82) is 0 Å². The summed E-state index contributed by atoms with van der Waals surface area (Å²) in [4.78, 5) is 28.2. The van der Waals surface area contributed by atoms with Crippen molar-refractivity contribution in [2.45, 2.75) is 33.3 Å². The number of anilines is 1. The molecular weight excluding hydrogens is 514 g/mol. The lowest BCUT2D eigenvalue weighted by Gasteiger charge is -2.15. The molecule has 1 amide bonds. The number of thiazole rings is 1. The molecule has 0 aliphatic rings. The van der Waals surface area contributed by atoms with E-state index in [9.17, 15) is 9.59 Å². The van der Waals surface area contributed by atoms with Crippen LogP contribution in [0, 0.1) is 5.82 Å². The SMILES string of the molecule is CCCOC(C)c1cccc(-c2csc(NC(=O)c3cc(Cl)c(C=C(C)C(=O)O)c(Cl)c3)n2)c1F. The van der Waals surface area contributed by atoms with Crippen LogP contribution in [0.1, 0.15) is 54.8 Å². The van der Waals surface area contributed by atoms with Crippen LogP contribution in [0.3, 0.4) is 0 Å². The van der Waals surface area contributed by atoms with Gasteiger partial charge >= 0.3 is 5.97 Å². The van der Waals surface area contributed by atoms with Crippen LogP contribution >= 0.6 is 34.5 Å². The molecule has 0 bridgehead atoms. The highest BCUT2D eigenvalue weighted by atomic mass is 35.5. The van der Waals surface area contributed by atoms with Crippen molar-refractivity contribution in [2.75, 3.05) is 11.9 Å². The highest BCUT2D eigenvalue weighted by Gasteiger charge is 2.19. The van der Waals surface area contributed by atoms with Crippen LogP contribution in [-0.4, -0.2) is 28.6 Å². The third-order valence-electron chi connectivity index (χ3n) is 5.08. The van der Waals surface area contributed by atoms with E-state index in [1.807, 2.05) is 6.92 Å². The molecule has 184 valence electrons. The molecule has 35 heavy (non-hydrogen) atoms. The first kappa shape index (κ1) is 26.8. The molecule has 1 atom stereocenters. The van der Waals surface area contributed by atoms with E-state index in [1.165, 1.54) is 25.1 Å². The van der Waals surface area contributed by atoms with Gasteiger partial charge in [0, 0.05) is 39.8 Å². The summed E-state index contributed by atoms with van der Waals surface area (Å²) in [6.45, 7) is 5.72. The summed E-state index contributed by atoms with van der Waals surface area (Å²) in [6, 6.07) is 7.82. The van der Waals surface area contributed by atoms with Crippen molar-refractivity contribution in [3.05, 3.63) is 73.8 Å². The predicted octanol–water partition coefficient (Wildman–Crippen LogP) is 7.48. The maximum atomic E-state index is 15.2. The number of carboxylic acids is 1. The van der Waals surface area contributed by atoms with E-state index in [4.69, 9.17) is 33.0 Å². The van der Waals surface area contributed by atoms with E-state index in [2.05, 4.69) is 10.3 Å². The first-order valence-electron chi connectivity index (χ1n) is 10.7. The number of nitrogens with one attached hydrogen (secondary N) is 1. The van der Waals surface area contributed by atoms with Crippen molar-refractivity contribution >= 4 is 57.6 Å². The number of aromatic nitrogens is 1. The van der Waals surface area contributed by atoms with Crippen LogP contribution in [0.4, 0.5) is 9.52 Å². The average molecular weight is 537 g/mol. The summed E-state index contributed by atoms with van der Waals surface area (Å²) in [5, 5.41) is 13.9. The molecule has 0 spiro atoms. The van der Waals surface area contributed by atoms with Crippen molar-refractivity contribution < 1.29 is 23.8 Å². The van der Waals surface area contributed by atoms with Crippen molar-refractivity contribution in [1.82, 2.24) is 4.98 Å². The minimum atomic E-state index is -1.11. The molecule has 0 radical (unpaired) electrons. The van der Waals surface area contributed by atoms with Gasteiger partial charge in [-0.15, -0.1) is 11.3 Å². The molecule has 1 heterocycles. The maximum absolute atomic E-state index is 15.2. The zero-order chi connectivity index (χ0) is 25.7. The number of carboxylic acid groups (broad SMARTS) is 1. The number of carbonyl (C=O) groups excluding carboxylic acids is 1. The molecule has 1 aromatic heterocycles. The summed E-state index contributed by atoms with van der Waals surface area (Å²) < 4.78 is 20.8. The molecular formula is C25H23Cl2FN2O4S. The van der Waals surface area contributed by atoms with Gasteiger partial charge in [0.05, 0.1) is 21.8 Å². The molecule has 2 aromatic carbocycles. The highest BCUT2D eigenvalue weighted by Crippen LogP contribution is 2.33. The average Bonchev–Trinajstić information content (AvgIpc) is 3.27. The lowest BCUT2D eigenvalue weighted by molar-refractivity contribution is -0.132. The van der Waals surface area contributed by atoms with Gasteiger partial charge in [0.25, 0.3) is 5.91 Å². The summed E-state index contributed by atoms with van der Waals surface area (Å²) in [6.07, 6.45) is 1.76. The van der Waals surface area contributed by atoms with Gasteiger partial charge in [0.1, 0.15) is 5.82 Å². The molecule has 0 saturated heterocycles. The largest absolute Gasteiger partial charge is 0.478 e. The Hall–Kier alpha value is -2.78. The van der Waals surface area contributed by atoms with Crippen LogP contribution in [0.25, 0.3) is 17.3 Å². The van der Waals surface area contributed by atoms with Gasteiger partial charge in [-0.3, -0.25) is 10.1 Å². The monoisotopic (exact) mass is 536 g/mol. The lowest BCUT2D eigenvalue weighted by Crippen LogP contribution is -2.12. The van der Waals surface area contributed by atoms with E-state index in [-0.39, 0.29) is 26.3 Å². The number of aliphatic carboxylic acids is 1. The Morgan fingerprint density at radius 1 is 1.29 bits per heavy atom. The molecule has 2 N–H and O–H groups in total. The Labute approximate surface area is 216 Å². The second-order valence-corrected chi connectivity index (χ2v) is 9.37. The zero-order valence-corrected chi connectivity index (χ0v) is 21.5. The molecule has 0 saturated carbocycles. The third-order valence-corrected chi connectivity index (χ3v) is 6.46. The van der Waals surface area contributed by atoms with Crippen molar-refractivity contribution in [3.63, 3.8) is 0 Å². The number of hydrogen-bond acceptors (Lipinski definition) is 5. The number of nitrogens with zero attached hydrogens (tertiary/aromatic N) is 1. The van der Waals surface area contributed by atoms with Crippen molar-refractivity contribution in [3.8, 4) is 11.3 Å². The van der Waals surface area contributed by atoms with Gasteiger partial charge in [0.15, 0.2) is 5.13 Å². The van der Waals surface area contributed by atoms with Crippen LogP contribution in [0.15, 0.2) is 41.3 Å². The van der Waals surface area contributed by atoms with Gasteiger partial charge in [0.2, 0.25) is 0 Å². The fourth-order valence-electron chi connectivity index (χ4n) is 3.20. The Morgan fingerprint density at radius 3 is 2.60 bits per heavy atom. The van der Waals surface area contributed by atoms with Gasteiger partial charge in [-0.1, -0.05) is 42.3 Å². The third kappa shape index (κ3) is 6.46. The topological polar surface area (TPSA) is 88.5 Å². The van der Waals surface area contributed by atoms with Gasteiger partial charge in [-0.25, -0.2) is 14.2 Å². The second kappa shape index (κ2) is 11.8. The molecule has 10 heteroatoms. The minimum Gasteiger partial charge on any atom is -0.478 e.